The van der Waals surface area contributed by atoms with Crippen molar-refractivity contribution in [3.63, 3.8) is 0 Å². The second-order valence-electron chi connectivity index (χ2n) is 30.3. The number of unbranched alkanes of at least 4 members (excludes halogenated alkanes) is 30. The molecule has 27 atom stereocenters. The van der Waals surface area contributed by atoms with Crippen molar-refractivity contribution < 1.29 is 138 Å². The Bertz CT molecular complexity index is 2460. The predicted octanol–water partition coefficient (Wildman–Crippen LogP) is 2.65. The molecule has 0 radical (unpaired) electrons. The smallest absolute Gasteiger partial charge is 0.220 e. The van der Waals surface area contributed by atoms with Crippen molar-refractivity contribution in [2.24, 2.45) is 0 Å². The molecule has 5 aliphatic rings. The number of rotatable bonds is 56. The zero-order valence-corrected chi connectivity index (χ0v) is 65.2. The molecule has 5 fully saturated rings. The quantitative estimate of drug-likeness (QED) is 0.0307. The van der Waals surface area contributed by atoms with Crippen LogP contribution in [0, 0.1) is 0 Å². The van der Waals surface area contributed by atoms with Crippen LogP contribution in [-0.2, 0) is 61.8 Å². The third-order valence-electron chi connectivity index (χ3n) is 21.3. The van der Waals surface area contributed by atoms with Crippen molar-refractivity contribution in [2.45, 2.75) is 412 Å². The van der Waals surface area contributed by atoms with Crippen molar-refractivity contribution in [1.82, 2.24) is 16.0 Å². The fraction of sp³-hybridized carbons (Fsp3) is 0.910. The summed E-state index contributed by atoms with van der Waals surface area (Å²) < 4.78 is 59.1. The molecule has 0 bridgehead atoms. The minimum atomic E-state index is -2.16. The van der Waals surface area contributed by atoms with Gasteiger partial charge in [0.25, 0.3) is 0 Å². The first kappa shape index (κ1) is 96.5. The summed E-state index contributed by atoms with van der Waals surface area (Å²) in [6.45, 7) is 1.40. The average molecular weight is 1570 g/mol. The fourth-order valence-corrected chi connectivity index (χ4v) is 14.7. The molecule has 5 aliphatic heterocycles. The van der Waals surface area contributed by atoms with Crippen molar-refractivity contribution in [1.29, 1.82) is 0 Å². The Labute approximate surface area is 645 Å². The Morgan fingerprint density at radius 1 is 0.358 bits per heavy atom. The molecule has 5 rings (SSSR count). The van der Waals surface area contributed by atoms with E-state index in [-0.39, 0.29) is 12.3 Å². The number of nitrogens with one attached hydrogen (secondary N) is 3. The summed E-state index contributed by atoms with van der Waals surface area (Å²) in [6, 6.07) is -4.40. The molecule has 0 aromatic carbocycles. The van der Waals surface area contributed by atoms with Crippen LogP contribution < -0.4 is 16.0 Å². The van der Waals surface area contributed by atoms with Crippen LogP contribution in [0.25, 0.3) is 0 Å². The Morgan fingerprint density at radius 3 is 1.09 bits per heavy atom. The molecule has 10 unspecified atom stereocenters. The number of carbonyl (C=O) groups excluding carboxylic acids is 3. The van der Waals surface area contributed by atoms with E-state index in [2.05, 4.69) is 41.9 Å². The molecule has 31 nitrogen and oxygen atoms in total. The van der Waals surface area contributed by atoms with Gasteiger partial charge >= 0.3 is 0 Å². The molecule has 5 heterocycles. The first-order valence-corrected chi connectivity index (χ1v) is 41.1. The van der Waals surface area contributed by atoms with Gasteiger partial charge in [-0.15, -0.1) is 0 Å². The van der Waals surface area contributed by atoms with Crippen LogP contribution in [0.5, 0.6) is 0 Å². The third kappa shape index (κ3) is 32.8. The highest BCUT2D eigenvalue weighted by molar-refractivity contribution is 5.76. The number of allylic oxidation sites excluding steroid dienone is 3. The molecule has 18 N–H and O–H groups in total. The maximum atomic E-state index is 13.6. The molecule has 636 valence electrons. The first-order chi connectivity index (χ1) is 52.6. The van der Waals surface area contributed by atoms with Crippen LogP contribution in [0.15, 0.2) is 24.3 Å². The molecular weight excluding hydrogens is 1430 g/mol. The minimum absolute atomic E-state index is 0.188. The zero-order valence-electron chi connectivity index (χ0n) is 65.2. The number of aliphatic hydroxyl groups excluding tert-OH is 15. The van der Waals surface area contributed by atoms with Gasteiger partial charge in [0.2, 0.25) is 17.7 Å². The van der Waals surface area contributed by atoms with E-state index in [1.807, 2.05) is 6.08 Å². The number of hydrogen-bond donors (Lipinski definition) is 18. The lowest BCUT2D eigenvalue weighted by atomic mass is 9.94. The standard InChI is InChI=1S/C78H141N3O28/c1-5-7-9-11-13-15-17-19-20-21-22-23-24-25-26-27-28-30-32-34-36-38-40-42-58(90)81-51(52(89)41-39-37-35-33-31-29-18-16-14-12-10-8-6-2)48-100-76-67(97)66(96)71(57(47-86)105-76)107-78-69(99)73(63(93)55(45-84)103-78)109-75-60(80-50(4)88)65(95)70(56(46-85)104-75)106-77-68(98)72(62(92)54(44-83)102-77)108-74-59(79-49(3)87)64(94)61(91)53(43-82)101-74/h19-20,39,41,51-57,59-78,82-86,89,91-99H,5-18,21-38,40,42-48H2,1-4H3,(H,79,87)(H,80,88)(H,81,90)/b20-19-,41-39+/t51-,52+,53?,54?,55?,56?,57?,59?,60?,61+,62-,63-,64+,65+,66+,67?,68?,69?,70+,71+,72-,73-,74-,75-,76+,77-,78-/m0/s1. The summed E-state index contributed by atoms with van der Waals surface area (Å²) in [5, 5.41) is 175. The van der Waals surface area contributed by atoms with Crippen LogP contribution in [-0.4, -0.2) is 300 Å². The summed E-state index contributed by atoms with van der Waals surface area (Å²) in [4.78, 5) is 38.6. The van der Waals surface area contributed by atoms with E-state index in [4.69, 9.17) is 47.4 Å². The number of amides is 3. The molecule has 31 heteroatoms. The summed E-state index contributed by atoms with van der Waals surface area (Å²) in [5.41, 5.74) is 0. The van der Waals surface area contributed by atoms with E-state index in [9.17, 15) is 91.0 Å². The highest BCUT2D eigenvalue weighted by Gasteiger charge is 2.57. The average Bonchev–Trinajstić information content (AvgIpc) is 0.787. The summed E-state index contributed by atoms with van der Waals surface area (Å²) in [7, 11) is 0. The molecule has 0 saturated carbocycles. The van der Waals surface area contributed by atoms with Gasteiger partial charge in [0.1, 0.15) is 122 Å². The van der Waals surface area contributed by atoms with E-state index < -0.39 is 217 Å². The number of hydrogen-bond acceptors (Lipinski definition) is 28. The maximum Gasteiger partial charge on any atom is 0.220 e. The lowest BCUT2D eigenvalue weighted by Crippen LogP contribution is -2.70. The van der Waals surface area contributed by atoms with Gasteiger partial charge in [0, 0.05) is 20.3 Å². The molecule has 0 aromatic rings. The monoisotopic (exact) mass is 1570 g/mol. The van der Waals surface area contributed by atoms with Crippen molar-refractivity contribution >= 4 is 17.7 Å². The molecule has 3 amide bonds. The van der Waals surface area contributed by atoms with Gasteiger partial charge in [-0.3, -0.25) is 14.4 Å². The van der Waals surface area contributed by atoms with Gasteiger partial charge in [0.05, 0.1) is 51.8 Å². The van der Waals surface area contributed by atoms with Gasteiger partial charge in [-0.1, -0.05) is 205 Å². The maximum absolute atomic E-state index is 13.6. The van der Waals surface area contributed by atoms with Gasteiger partial charge in [0.15, 0.2) is 31.5 Å². The fourth-order valence-electron chi connectivity index (χ4n) is 14.7. The Kier molecular flexibility index (Phi) is 48.4. The highest BCUT2D eigenvalue weighted by atomic mass is 16.8. The summed E-state index contributed by atoms with van der Waals surface area (Å²) in [5.74, 6) is -1.89. The summed E-state index contributed by atoms with van der Waals surface area (Å²) >= 11 is 0. The first-order valence-electron chi connectivity index (χ1n) is 41.1. The van der Waals surface area contributed by atoms with Crippen molar-refractivity contribution in [2.75, 3.05) is 39.6 Å². The van der Waals surface area contributed by atoms with Crippen LogP contribution in [0.1, 0.15) is 246 Å². The predicted molar refractivity (Wildman–Crippen MR) is 398 cm³/mol. The van der Waals surface area contributed by atoms with Crippen LogP contribution in [0.4, 0.5) is 0 Å². The Morgan fingerprint density at radius 2 is 0.688 bits per heavy atom. The lowest BCUT2D eigenvalue weighted by Gasteiger charge is -2.50. The molecular formula is C78H141N3O28. The van der Waals surface area contributed by atoms with E-state index in [1.54, 1.807) is 6.08 Å². The largest absolute Gasteiger partial charge is 0.394 e. The number of aliphatic hydroxyl groups is 15. The highest BCUT2D eigenvalue weighted by Crippen LogP contribution is 2.37. The van der Waals surface area contributed by atoms with Crippen LogP contribution in [0.2, 0.25) is 0 Å². The van der Waals surface area contributed by atoms with Crippen molar-refractivity contribution in [3.8, 4) is 0 Å². The summed E-state index contributed by atoms with van der Waals surface area (Å²) in [6.07, 6.45) is 3.01. The second-order valence-corrected chi connectivity index (χ2v) is 30.3. The van der Waals surface area contributed by atoms with Gasteiger partial charge in [-0.25, -0.2) is 0 Å². The Hall–Kier alpha value is -3.11. The third-order valence-corrected chi connectivity index (χ3v) is 21.3. The molecule has 5 saturated heterocycles. The lowest BCUT2D eigenvalue weighted by molar-refractivity contribution is -0.385. The van der Waals surface area contributed by atoms with Gasteiger partial charge < -0.3 is 140 Å². The van der Waals surface area contributed by atoms with Crippen molar-refractivity contribution in [3.05, 3.63) is 24.3 Å². The topological polar surface area (TPSA) is 483 Å². The van der Waals surface area contributed by atoms with Crippen LogP contribution in [0.3, 0.4) is 0 Å². The molecule has 109 heavy (non-hydrogen) atoms. The number of carbonyl (C=O) groups is 3. The van der Waals surface area contributed by atoms with E-state index >= 15 is 0 Å². The van der Waals surface area contributed by atoms with E-state index in [1.165, 1.54) is 148 Å². The minimum Gasteiger partial charge on any atom is -0.394 e. The molecule has 0 spiro atoms. The Balaban J connectivity index is 1.17. The van der Waals surface area contributed by atoms with Gasteiger partial charge in [-0.2, -0.15) is 0 Å². The van der Waals surface area contributed by atoms with Gasteiger partial charge in [-0.05, 0) is 44.9 Å². The molecule has 0 aliphatic carbocycles. The number of ether oxygens (including phenoxy) is 10. The zero-order chi connectivity index (χ0) is 79.6. The normalized spacial score (nSPS) is 33.7. The second kappa shape index (κ2) is 54.7. The van der Waals surface area contributed by atoms with Crippen LogP contribution >= 0.6 is 0 Å². The van der Waals surface area contributed by atoms with E-state index in [0.29, 0.717) is 12.8 Å². The molecule has 0 aromatic heterocycles. The van der Waals surface area contributed by atoms with E-state index in [0.717, 1.165) is 65.2 Å². The SMILES string of the molecule is CCCCCCCC/C=C\CCCCCCCCCCCCCCCC(=O)N[C@@H](CO[C@@H]1OC(CO)[C@@H](O[C@@H]2OC(CO)[C@H](O)[C@H](O[C@@H]3OC(CO)[C@@H](O[C@@H]4OC(CO)[C@H](O)[C@H](O[C@@H]5OC(CO)[C@@H](O)[C@H](O)C5NC(C)=O)C4O)[C@H](O)C3NC(C)=O)C2O)[C@H](O)C1O)[C@H](O)/C=C/CCCCCCCCCCCCC.